The smallest absolute Gasteiger partial charge is 0.0229 e. The first-order valence-corrected chi connectivity index (χ1v) is 6.31. The van der Waals surface area contributed by atoms with Crippen LogP contribution in [0, 0.1) is 17.8 Å². The third-order valence-corrected chi connectivity index (χ3v) is 4.12. The van der Waals surface area contributed by atoms with Crippen LogP contribution in [0.25, 0.3) is 0 Å². The van der Waals surface area contributed by atoms with E-state index in [9.17, 15) is 0 Å². The minimum Gasteiger partial charge on any atom is -0.324 e. The minimum atomic E-state index is 0.316. The standard InChI is InChI=1S/C13H24N2/c1-10-5-6-15(8-11(10)2)9-12-3-4-13(14)7-12/h3-4,10-13H,5-9,14H2,1-2H3. The third-order valence-electron chi connectivity index (χ3n) is 4.12. The summed E-state index contributed by atoms with van der Waals surface area (Å²) in [7, 11) is 0. The van der Waals surface area contributed by atoms with Crippen LogP contribution in [-0.4, -0.2) is 30.6 Å². The minimum absolute atomic E-state index is 0.316. The van der Waals surface area contributed by atoms with E-state index in [2.05, 4.69) is 30.9 Å². The molecule has 0 radical (unpaired) electrons. The van der Waals surface area contributed by atoms with E-state index in [0.29, 0.717) is 12.0 Å². The van der Waals surface area contributed by atoms with Crippen LogP contribution in [0.5, 0.6) is 0 Å². The monoisotopic (exact) mass is 208 g/mol. The highest BCUT2D eigenvalue weighted by Crippen LogP contribution is 2.25. The molecule has 86 valence electrons. The van der Waals surface area contributed by atoms with Crippen molar-refractivity contribution in [3.8, 4) is 0 Å². The molecule has 0 aromatic rings. The number of piperidine rings is 1. The number of rotatable bonds is 2. The fourth-order valence-electron chi connectivity index (χ4n) is 2.79. The quantitative estimate of drug-likeness (QED) is 0.702. The Bertz CT molecular complexity index is 237. The zero-order valence-electron chi connectivity index (χ0n) is 10.0. The summed E-state index contributed by atoms with van der Waals surface area (Å²) in [6.45, 7) is 8.55. The molecule has 1 saturated heterocycles. The molecule has 2 heteroatoms. The van der Waals surface area contributed by atoms with E-state index >= 15 is 0 Å². The molecule has 1 aliphatic heterocycles. The van der Waals surface area contributed by atoms with Crippen LogP contribution in [0.1, 0.15) is 26.7 Å². The van der Waals surface area contributed by atoms with Gasteiger partial charge in [-0.2, -0.15) is 0 Å². The first kappa shape index (κ1) is 11.2. The van der Waals surface area contributed by atoms with E-state index in [1.165, 1.54) is 26.1 Å². The molecule has 1 aliphatic carbocycles. The van der Waals surface area contributed by atoms with Gasteiger partial charge in [0.05, 0.1) is 0 Å². The van der Waals surface area contributed by atoms with E-state index in [0.717, 1.165) is 18.3 Å². The molecule has 0 aromatic heterocycles. The largest absolute Gasteiger partial charge is 0.324 e. The van der Waals surface area contributed by atoms with Crippen molar-refractivity contribution in [2.45, 2.75) is 32.7 Å². The maximum absolute atomic E-state index is 5.87. The molecule has 2 rings (SSSR count). The summed E-state index contributed by atoms with van der Waals surface area (Å²) in [4.78, 5) is 2.62. The van der Waals surface area contributed by atoms with Gasteiger partial charge in [-0.05, 0) is 37.1 Å². The Morgan fingerprint density at radius 3 is 2.67 bits per heavy atom. The van der Waals surface area contributed by atoms with Gasteiger partial charge >= 0.3 is 0 Å². The maximum atomic E-state index is 5.87. The number of likely N-dealkylation sites (tertiary alicyclic amines) is 1. The van der Waals surface area contributed by atoms with Gasteiger partial charge in [-0.15, -0.1) is 0 Å². The molecule has 1 heterocycles. The van der Waals surface area contributed by atoms with Crippen LogP contribution < -0.4 is 5.73 Å². The van der Waals surface area contributed by atoms with Gasteiger partial charge in [0.15, 0.2) is 0 Å². The molecule has 2 nitrogen and oxygen atoms in total. The van der Waals surface area contributed by atoms with Crippen LogP contribution in [0.2, 0.25) is 0 Å². The second-order valence-corrected chi connectivity index (χ2v) is 5.55. The zero-order chi connectivity index (χ0) is 10.8. The number of hydrogen-bond acceptors (Lipinski definition) is 2. The van der Waals surface area contributed by atoms with Crippen LogP contribution in [0.4, 0.5) is 0 Å². The lowest BCUT2D eigenvalue weighted by atomic mass is 9.88. The average Bonchev–Trinajstić information content (AvgIpc) is 2.58. The first-order valence-electron chi connectivity index (χ1n) is 6.31. The highest BCUT2D eigenvalue weighted by atomic mass is 15.1. The second-order valence-electron chi connectivity index (χ2n) is 5.55. The van der Waals surface area contributed by atoms with E-state index in [-0.39, 0.29) is 0 Å². The lowest BCUT2D eigenvalue weighted by Crippen LogP contribution is -2.40. The molecular weight excluding hydrogens is 184 g/mol. The van der Waals surface area contributed by atoms with Crippen molar-refractivity contribution >= 4 is 0 Å². The Morgan fingerprint density at radius 1 is 1.27 bits per heavy atom. The van der Waals surface area contributed by atoms with Gasteiger partial charge in [0.25, 0.3) is 0 Å². The van der Waals surface area contributed by atoms with Gasteiger partial charge < -0.3 is 10.6 Å². The van der Waals surface area contributed by atoms with Gasteiger partial charge in [0.1, 0.15) is 0 Å². The molecule has 1 fully saturated rings. The van der Waals surface area contributed by atoms with Crippen molar-refractivity contribution < 1.29 is 0 Å². The highest BCUT2D eigenvalue weighted by Gasteiger charge is 2.25. The lowest BCUT2D eigenvalue weighted by molar-refractivity contribution is 0.127. The van der Waals surface area contributed by atoms with Crippen molar-refractivity contribution in [3.63, 3.8) is 0 Å². The fourth-order valence-corrected chi connectivity index (χ4v) is 2.79. The van der Waals surface area contributed by atoms with Crippen molar-refractivity contribution in [2.75, 3.05) is 19.6 Å². The average molecular weight is 208 g/mol. The summed E-state index contributed by atoms with van der Waals surface area (Å²) in [6, 6.07) is 0.316. The third kappa shape index (κ3) is 2.82. The van der Waals surface area contributed by atoms with Gasteiger partial charge in [-0.1, -0.05) is 26.0 Å². The normalized spacial score (nSPS) is 42.3. The SMILES string of the molecule is CC1CCN(CC2C=CC(N)C2)CC1C. The van der Waals surface area contributed by atoms with Crippen molar-refractivity contribution in [1.29, 1.82) is 0 Å². The number of hydrogen-bond donors (Lipinski definition) is 1. The zero-order valence-corrected chi connectivity index (χ0v) is 10.0. The van der Waals surface area contributed by atoms with Crippen molar-refractivity contribution in [2.24, 2.45) is 23.5 Å². The van der Waals surface area contributed by atoms with E-state index in [4.69, 9.17) is 5.73 Å². The summed E-state index contributed by atoms with van der Waals surface area (Å²) < 4.78 is 0. The summed E-state index contributed by atoms with van der Waals surface area (Å²) in [6.07, 6.45) is 7.00. The Hall–Kier alpha value is -0.340. The molecule has 0 bridgehead atoms. The van der Waals surface area contributed by atoms with Gasteiger partial charge in [0, 0.05) is 19.1 Å². The summed E-state index contributed by atoms with van der Waals surface area (Å²) >= 11 is 0. The van der Waals surface area contributed by atoms with E-state index < -0.39 is 0 Å². The Labute approximate surface area is 93.5 Å². The molecule has 0 amide bonds. The van der Waals surface area contributed by atoms with Crippen molar-refractivity contribution in [1.82, 2.24) is 4.90 Å². The van der Waals surface area contributed by atoms with Gasteiger partial charge in [-0.3, -0.25) is 0 Å². The molecular formula is C13H24N2. The Balaban J connectivity index is 1.78. The summed E-state index contributed by atoms with van der Waals surface area (Å²) in [5.41, 5.74) is 5.87. The lowest BCUT2D eigenvalue weighted by Gasteiger charge is -2.36. The molecule has 4 atom stereocenters. The molecule has 4 unspecified atom stereocenters. The van der Waals surface area contributed by atoms with Crippen LogP contribution >= 0.6 is 0 Å². The second kappa shape index (κ2) is 4.67. The van der Waals surface area contributed by atoms with Crippen LogP contribution in [-0.2, 0) is 0 Å². The van der Waals surface area contributed by atoms with Crippen LogP contribution in [0.3, 0.4) is 0 Å². The molecule has 0 spiro atoms. The molecule has 2 aliphatic rings. The van der Waals surface area contributed by atoms with Gasteiger partial charge in [0.2, 0.25) is 0 Å². The predicted molar refractivity (Wildman–Crippen MR) is 64.6 cm³/mol. The molecule has 0 aromatic carbocycles. The van der Waals surface area contributed by atoms with E-state index in [1.54, 1.807) is 0 Å². The molecule has 15 heavy (non-hydrogen) atoms. The highest BCUT2D eigenvalue weighted by molar-refractivity contribution is 5.05. The fraction of sp³-hybridized carbons (Fsp3) is 0.846. The Morgan fingerprint density at radius 2 is 2.07 bits per heavy atom. The Kier molecular flexibility index (Phi) is 3.47. The summed E-state index contributed by atoms with van der Waals surface area (Å²) in [5.74, 6) is 2.47. The predicted octanol–water partition coefficient (Wildman–Crippen LogP) is 1.87. The van der Waals surface area contributed by atoms with E-state index in [1.807, 2.05) is 0 Å². The molecule has 0 saturated carbocycles. The van der Waals surface area contributed by atoms with Gasteiger partial charge in [-0.25, -0.2) is 0 Å². The molecule has 2 N–H and O–H groups in total. The maximum Gasteiger partial charge on any atom is 0.0229 e. The topological polar surface area (TPSA) is 29.3 Å². The van der Waals surface area contributed by atoms with Crippen molar-refractivity contribution in [3.05, 3.63) is 12.2 Å². The number of nitrogens with zero attached hydrogens (tertiary/aromatic N) is 1. The first-order chi connectivity index (χ1) is 7.15. The summed E-state index contributed by atoms with van der Waals surface area (Å²) in [5, 5.41) is 0. The van der Waals surface area contributed by atoms with Crippen LogP contribution in [0.15, 0.2) is 12.2 Å². The number of nitrogens with two attached hydrogens (primary N) is 1.